The Balaban J connectivity index is 2.11. The van der Waals surface area contributed by atoms with E-state index in [1.54, 1.807) is 6.07 Å². The number of hydrogen-bond donors (Lipinski definition) is 0. The number of rotatable bonds is 4. The minimum absolute atomic E-state index is 0.0230. The zero-order valence-corrected chi connectivity index (χ0v) is 11.6. The van der Waals surface area contributed by atoms with Crippen molar-refractivity contribution in [2.75, 3.05) is 0 Å². The minimum atomic E-state index is -0.934. The van der Waals surface area contributed by atoms with Gasteiger partial charge in [0.2, 0.25) is 5.82 Å². The van der Waals surface area contributed by atoms with E-state index >= 15 is 0 Å². The second-order valence-electron chi connectivity index (χ2n) is 3.94. The molecule has 7 heteroatoms. The predicted octanol–water partition coefficient (Wildman–Crippen LogP) is 4.21. The number of halogens is 3. The Morgan fingerprint density at radius 2 is 1.95 bits per heavy atom. The topological polar surface area (TPSA) is 52.4 Å². The average Bonchev–Trinajstić information content (AvgIpc) is 2.35. The zero-order chi connectivity index (χ0) is 14.7. The van der Waals surface area contributed by atoms with Crippen molar-refractivity contribution >= 4 is 21.6 Å². The molecule has 2 rings (SSSR count). The van der Waals surface area contributed by atoms with Gasteiger partial charge in [-0.05, 0) is 29.8 Å². The fraction of sp³-hybridized carbons (Fsp3) is 0.0769. The highest BCUT2D eigenvalue weighted by Gasteiger charge is 2.13. The summed E-state index contributed by atoms with van der Waals surface area (Å²) in [6, 6.07) is 7.49. The lowest BCUT2D eigenvalue weighted by molar-refractivity contribution is -0.387. The summed E-state index contributed by atoms with van der Waals surface area (Å²) in [7, 11) is 0. The lowest BCUT2D eigenvalue weighted by atomic mass is 10.2. The highest BCUT2D eigenvalue weighted by molar-refractivity contribution is 9.10. The first-order valence-corrected chi connectivity index (χ1v) is 6.27. The number of nitro groups is 1. The largest absolute Gasteiger partial charge is 0.489 e. The van der Waals surface area contributed by atoms with Crippen LogP contribution in [0.2, 0.25) is 0 Å². The van der Waals surface area contributed by atoms with E-state index in [9.17, 15) is 18.9 Å². The van der Waals surface area contributed by atoms with Crippen LogP contribution in [0.4, 0.5) is 14.5 Å². The molecule has 0 aliphatic carbocycles. The number of benzene rings is 2. The van der Waals surface area contributed by atoms with Gasteiger partial charge in [0, 0.05) is 16.6 Å². The molecule has 0 radical (unpaired) electrons. The van der Waals surface area contributed by atoms with E-state index in [0.717, 1.165) is 12.1 Å². The van der Waals surface area contributed by atoms with E-state index in [4.69, 9.17) is 4.74 Å². The van der Waals surface area contributed by atoms with Gasteiger partial charge in [-0.15, -0.1) is 0 Å². The third kappa shape index (κ3) is 3.51. The molecule has 0 saturated carbocycles. The monoisotopic (exact) mass is 343 g/mol. The van der Waals surface area contributed by atoms with E-state index < -0.39 is 22.2 Å². The Hall–Kier alpha value is -2.02. The molecule has 0 aromatic heterocycles. The molecule has 0 atom stereocenters. The fourth-order valence-electron chi connectivity index (χ4n) is 1.57. The number of ether oxygens (including phenoxy) is 1. The Morgan fingerprint density at radius 3 is 2.55 bits per heavy atom. The van der Waals surface area contributed by atoms with Crippen molar-refractivity contribution in [3.63, 3.8) is 0 Å². The summed E-state index contributed by atoms with van der Waals surface area (Å²) in [4.78, 5) is 9.67. The van der Waals surface area contributed by atoms with Crippen molar-refractivity contribution in [2.45, 2.75) is 6.61 Å². The average molecular weight is 344 g/mol. The number of hydrogen-bond acceptors (Lipinski definition) is 3. The van der Waals surface area contributed by atoms with Crippen LogP contribution in [0.3, 0.4) is 0 Å². The third-order valence-corrected chi connectivity index (χ3v) is 2.91. The molecule has 0 saturated heterocycles. The van der Waals surface area contributed by atoms with Crippen LogP contribution in [0.25, 0.3) is 0 Å². The maximum absolute atomic E-state index is 13.4. The van der Waals surface area contributed by atoms with Gasteiger partial charge in [-0.2, -0.15) is 4.39 Å². The van der Waals surface area contributed by atoms with Crippen LogP contribution < -0.4 is 4.74 Å². The normalized spacial score (nSPS) is 10.3. The molecule has 104 valence electrons. The van der Waals surface area contributed by atoms with E-state index in [1.165, 1.54) is 18.2 Å². The van der Waals surface area contributed by atoms with Crippen molar-refractivity contribution in [2.24, 2.45) is 0 Å². The van der Waals surface area contributed by atoms with Crippen LogP contribution in [0, 0.1) is 21.7 Å². The molecule has 0 aliphatic rings. The molecule has 0 unspecified atom stereocenters. The van der Waals surface area contributed by atoms with E-state index in [1.807, 2.05) is 0 Å². The van der Waals surface area contributed by atoms with Gasteiger partial charge >= 0.3 is 5.69 Å². The van der Waals surface area contributed by atoms with Gasteiger partial charge < -0.3 is 4.74 Å². The third-order valence-electron chi connectivity index (χ3n) is 2.45. The molecular formula is C13H8BrF2NO3. The fourth-order valence-corrected chi connectivity index (χ4v) is 2.01. The molecular weight excluding hydrogens is 336 g/mol. The van der Waals surface area contributed by atoms with Crippen molar-refractivity contribution in [1.82, 2.24) is 0 Å². The Bertz CT molecular complexity index is 644. The SMILES string of the molecule is O=[N+]([O-])c1ccc(COc2cc(F)cc(Br)c2)cc1F. The van der Waals surface area contributed by atoms with Crippen molar-refractivity contribution in [3.05, 3.63) is 68.2 Å². The lowest BCUT2D eigenvalue weighted by Gasteiger charge is -2.07. The van der Waals surface area contributed by atoms with Gasteiger partial charge in [0.05, 0.1) is 4.92 Å². The van der Waals surface area contributed by atoms with Crippen LogP contribution in [-0.4, -0.2) is 4.92 Å². The molecule has 0 amide bonds. The van der Waals surface area contributed by atoms with Crippen LogP contribution in [0.5, 0.6) is 5.75 Å². The summed E-state index contributed by atoms with van der Waals surface area (Å²) in [5, 5.41) is 10.5. The molecule has 0 N–H and O–H groups in total. The van der Waals surface area contributed by atoms with Crippen LogP contribution >= 0.6 is 15.9 Å². The molecule has 0 heterocycles. The standard InChI is InChI=1S/C13H8BrF2NO3/c14-9-4-10(15)6-11(5-9)20-7-8-1-2-13(17(18)19)12(16)3-8/h1-6H,7H2. The number of nitro benzene ring substituents is 1. The Kier molecular flexibility index (Phi) is 4.29. The molecule has 4 nitrogen and oxygen atoms in total. The Morgan fingerprint density at radius 1 is 1.20 bits per heavy atom. The van der Waals surface area contributed by atoms with Crippen LogP contribution in [0.1, 0.15) is 5.56 Å². The first kappa shape index (κ1) is 14.4. The molecule has 2 aromatic carbocycles. The van der Waals surface area contributed by atoms with Crippen molar-refractivity contribution in [3.8, 4) is 5.75 Å². The summed E-state index contributed by atoms with van der Waals surface area (Å²) < 4.78 is 32.3. The molecule has 2 aromatic rings. The summed E-state index contributed by atoms with van der Waals surface area (Å²) in [5.41, 5.74) is -0.185. The predicted molar refractivity (Wildman–Crippen MR) is 71.5 cm³/mol. The summed E-state index contributed by atoms with van der Waals surface area (Å²) in [6.45, 7) is -0.0230. The highest BCUT2D eigenvalue weighted by atomic mass is 79.9. The first-order valence-electron chi connectivity index (χ1n) is 5.47. The molecule has 20 heavy (non-hydrogen) atoms. The molecule has 0 aliphatic heterocycles. The Labute approximate surface area is 121 Å². The number of nitrogens with zero attached hydrogens (tertiary/aromatic N) is 1. The molecule has 0 spiro atoms. The summed E-state index contributed by atoms with van der Waals surface area (Å²) in [5.74, 6) is -1.13. The zero-order valence-electron chi connectivity index (χ0n) is 9.98. The van der Waals surface area contributed by atoms with Crippen LogP contribution in [-0.2, 0) is 6.61 Å². The van der Waals surface area contributed by atoms with Gasteiger partial charge in [0.15, 0.2) is 0 Å². The minimum Gasteiger partial charge on any atom is -0.489 e. The smallest absolute Gasteiger partial charge is 0.304 e. The van der Waals surface area contributed by atoms with Crippen LogP contribution in [0.15, 0.2) is 40.9 Å². The van der Waals surface area contributed by atoms with E-state index in [-0.39, 0.29) is 12.4 Å². The van der Waals surface area contributed by atoms with E-state index in [2.05, 4.69) is 15.9 Å². The van der Waals surface area contributed by atoms with E-state index in [0.29, 0.717) is 10.0 Å². The van der Waals surface area contributed by atoms with Gasteiger partial charge in [-0.25, -0.2) is 4.39 Å². The van der Waals surface area contributed by atoms with Gasteiger partial charge in [-0.1, -0.05) is 15.9 Å². The maximum atomic E-state index is 13.4. The first-order chi connectivity index (χ1) is 9.45. The highest BCUT2D eigenvalue weighted by Crippen LogP contribution is 2.23. The van der Waals surface area contributed by atoms with Gasteiger partial charge in [0.1, 0.15) is 18.2 Å². The summed E-state index contributed by atoms with van der Waals surface area (Å²) >= 11 is 3.12. The maximum Gasteiger partial charge on any atom is 0.304 e. The second-order valence-corrected chi connectivity index (χ2v) is 4.85. The van der Waals surface area contributed by atoms with Gasteiger partial charge in [0.25, 0.3) is 0 Å². The molecule has 0 fully saturated rings. The quantitative estimate of drug-likeness (QED) is 0.617. The summed E-state index contributed by atoms with van der Waals surface area (Å²) in [6.07, 6.45) is 0. The van der Waals surface area contributed by atoms with Crippen molar-refractivity contribution < 1.29 is 18.4 Å². The molecule has 0 bridgehead atoms. The lowest BCUT2D eigenvalue weighted by Crippen LogP contribution is -1.99. The van der Waals surface area contributed by atoms with Crippen molar-refractivity contribution in [1.29, 1.82) is 0 Å². The second kappa shape index (κ2) is 5.96. The van der Waals surface area contributed by atoms with Gasteiger partial charge in [-0.3, -0.25) is 10.1 Å².